The van der Waals surface area contributed by atoms with Gasteiger partial charge in [-0.25, -0.2) is 0 Å². The molecule has 31 heavy (non-hydrogen) atoms. The second-order valence-corrected chi connectivity index (χ2v) is 8.21. The summed E-state index contributed by atoms with van der Waals surface area (Å²) in [6, 6.07) is 26.8. The molecule has 156 valence electrons. The highest BCUT2D eigenvalue weighted by atomic mass is 16.3. The Kier molecular flexibility index (Phi) is 5.55. The Morgan fingerprint density at radius 1 is 0.839 bits per heavy atom. The van der Waals surface area contributed by atoms with Gasteiger partial charge in [0.05, 0.1) is 0 Å². The number of piperidine rings is 1. The number of carbonyl (C=O) groups excluding carboxylic acids is 1. The van der Waals surface area contributed by atoms with Crippen molar-refractivity contribution in [3.8, 4) is 22.3 Å². The van der Waals surface area contributed by atoms with Gasteiger partial charge in [0.15, 0.2) is 5.76 Å². The van der Waals surface area contributed by atoms with Gasteiger partial charge in [-0.2, -0.15) is 0 Å². The summed E-state index contributed by atoms with van der Waals surface area (Å²) in [5, 5.41) is 7.33. The molecule has 1 aliphatic heterocycles. The zero-order valence-electron chi connectivity index (χ0n) is 17.4. The number of nitrogens with one attached hydrogen (secondary N) is 2. The van der Waals surface area contributed by atoms with Gasteiger partial charge >= 0.3 is 0 Å². The van der Waals surface area contributed by atoms with E-state index in [2.05, 4.69) is 53.1 Å². The van der Waals surface area contributed by atoms with E-state index in [1.807, 2.05) is 36.4 Å². The second kappa shape index (κ2) is 8.78. The molecule has 1 fully saturated rings. The first kappa shape index (κ1) is 19.6. The zero-order chi connectivity index (χ0) is 21.0. The largest absolute Gasteiger partial charge is 0.451 e. The molecule has 0 spiro atoms. The molecule has 4 aromatic rings. The minimum Gasteiger partial charge on any atom is -0.451 e. The molecule has 1 saturated heterocycles. The van der Waals surface area contributed by atoms with E-state index in [0.29, 0.717) is 18.2 Å². The number of hydrogen-bond acceptors (Lipinski definition) is 3. The lowest BCUT2D eigenvalue weighted by Crippen LogP contribution is -2.35. The maximum absolute atomic E-state index is 12.6. The van der Waals surface area contributed by atoms with Gasteiger partial charge in [-0.15, -0.1) is 0 Å². The Morgan fingerprint density at radius 3 is 2.23 bits per heavy atom. The van der Waals surface area contributed by atoms with Crippen LogP contribution in [-0.4, -0.2) is 25.5 Å². The van der Waals surface area contributed by atoms with E-state index in [1.165, 1.54) is 11.1 Å². The molecule has 3 aromatic carbocycles. The van der Waals surface area contributed by atoms with Crippen molar-refractivity contribution < 1.29 is 9.21 Å². The molecular formula is C27H26N2O2. The average molecular weight is 411 g/mol. The monoisotopic (exact) mass is 410 g/mol. The minimum absolute atomic E-state index is 0.136. The van der Waals surface area contributed by atoms with Gasteiger partial charge in [0, 0.05) is 11.9 Å². The fourth-order valence-electron chi connectivity index (χ4n) is 4.22. The molecule has 0 bridgehead atoms. The Bertz CT molecular complexity index is 1170. The van der Waals surface area contributed by atoms with E-state index < -0.39 is 0 Å². The molecule has 0 unspecified atom stereocenters. The van der Waals surface area contributed by atoms with Crippen molar-refractivity contribution >= 4 is 16.9 Å². The lowest BCUT2D eigenvalue weighted by molar-refractivity contribution is 0.0918. The van der Waals surface area contributed by atoms with E-state index in [0.717, 1.165) is 48.0 Å². The Labute approximate surface area is 182 Å². The summed E-state index contributed by atoms with van der Waals surface area (Å²) in [5.74, 6) is 0.782. The molecule has 4 heteroatoms. The summed E-state index contributed by atoms with van der Waals surface area (Å²) in [4.78, 5) is 12.6. The van der Waals surface area contributed by atoms with Gasteiger partial charge in [-0.3, -0.25) is 4.79 Å². The van der Waals surface area contributed by atoms with Gasteiger partial charge < -0.3 is 15.1 Å². The number of benzene rings is 3. The van der Waals surface area contributed by atoms with E-state index in [4.69, 9.17) is 4.42 Å². The van der Waals surface area contributed by atoms with Crippen molar-refractivity contribution in [2.45, 2.75) is 12.8 Å². The summed E-state index contributed by atoms with van der Waals surface area (Å²) >= 11 is 0. The minimum atomic E-state index is -0.136. The quantitative estimate of drug-likeness (QED) is 0.457. The topological polar surface area (TPSA) is 54.3 Å². The Balaban J connectivity index is 1.31. The number of carbonyl (C=O) groups is 1. The predicted molar refractivity (Wildman–Crippen MR) is 125 cm³/mol. The molecule has 2 N–H and O–H groups in total. The zero-order valence-corrected chi connectivity index (χ0v) is 17.4. The Morgan fingerprint density at radius 2 is 1.48 bits per heavy atom. The van der Waals surface area contributed by atoms with Crippen molar-refractivity contribution in [2.24, 2.45) is 5.92 Å². The molecule has 1 aliphatic rings. The van der Waals surface area contributed by atoms with Crippen LogP contribution in [0, 0.1) is 5.92 Å². The molecule has 0 aliphatic carbocycles. The molecular weight excluding hydrogens is 384 g/mol. The van der Waals surface area contributed by atoms with Crippen LogP contribution in [0.1, 0.15) is 23.4 Å². The molecule has 0 atom stereocenters. The van der Waals surface area contributed by atoms with Gasteiger partial charge in [-0.05, 0) is 66.2 Å². The maximum atomic E-state index is 12.6. The molecule has 1 aromatic heterocycles. The lowest BCUT2D eigenvalue weighted by atomic mass is 9.98. The fourth-order valence-corrected chi connectivity index (χ4v) is 4.22. The fraction of sp³-hybridized carbons (Fsp3) is 0.222. The van der Waals surface area contributed by atoms with Crippen molar-refractivity contribution in [1.82, 2.24) is 10.6 Å². The smallest absolute Gasteiger partial charge is 0.287 e. The van der Waals surface area contributed by atoms with Crippen molar-refractivity contribution in [2.75, 3.05) is 19.6 Å². The molecule has 1 amide bonds. The maximum Gasteiger partial charge on any atom is 0.287 e. The summed E-state index contributed by atoms with van der Waals surface area (Å²) < 4.78 is 5.90. The molecule has 4 nitrogen and oxygen atoms in total. The van der Waals surface area contributed by atoms with Gasteiger partial charge in [-0.1, -0.05) is 66.7 Å². The number of amides is 1. The van der Waals surface area contributed by atoms with Crippen LogP contribution in [0.15, 0.2) is 83.3 Å². The van der Waals surface area contributed by atoms with Crippen molar-refractivity contribution in [1.29, 1.82) is 0 Å². The van der Waals surface area contributed by atoms with Crippen LogP contribution < -0.4 is 10.6 Å². The van der Waals surface area contributed by atoms with Gasteiger partial charge in [0.1, 0.15) is 5.58 Å². The summed E-state index contributed by atoms with van der Waals surface area (Å²) in [7, 11) is 0. The van der Waals surface area contributed by atoms with Crippen LogP contribution in [0.4, 0.5) is 0 Å². The first-order valence-electron chi connectivity index (χ1n) is 10.9. The van der Waals surface area contributed by atoms with Crippen LogP contribution in [0.3, 0.4) is 0 Å². The van der Waals surface area contributed by atoms with E-state index >= 15 is 0 Å². The highest BCUT2D eigenvalue weighted by Gasteiger charge is 2.17. The molecule has 2 heterocycles. The third-order valence-electron chi connectivity index (χ3n) is 6.08. The third kappa shape index (κ3) is 4.39. The van der Waals surface area contributed by atoms with Crippen LogP contribution in [-0.2, 0) is 0 Å². The second-order valence-electron chi connectivity index (χ2n) is 8.21. The van der Waals surface area contributed by atoms with Crippen LogP contribution in [0.5, 0.6) is 0 Å². The average Bonchev–Trinajstić information content (AvgIpc) is 3.27. The van der Waals surface area contributed by atoms with Gasteiger partial charge in [0.2, 0.25) is 0 Å². The predicted octanol–water partition coefficient (Wildman–Crippen LogP) is 5.50. The van der Waals surface area contributed by atoms with E-state index in [9.17, 15) is 4.79 Å². The number of fused-ring (bicyclic) bond motifs is 1. The molecule has 0 saturated carbocycles. The third-order valence-corrected chi connectivity index (χ3v) is 6.08. The van der Waals surface area contributed by atoms with Gasteiger partial charge in [0.25, 0.3) is 5.91 Å². The first-order chi connectivity index (χ1) is 15.3. The normalized spacial score (nSPS) is 14.6. The standard InChI is InChI=1S/C27H26N2O2/c30-27(29-18-19-12-14-28-15-13-19)26-17-24-11-10-23(16-25(24)31-26)22-8-6-21(7-9-22)20-4-2-1-3-5-20/h1-11,16-17,19,28H,12-15,18H2,(H,29,30). The van der Waals surface area contributed by atoms with Crippen LogP contribution >= 0.6 is 0 Å². The first-order valence-corrected chi connectivity index (χ1v) is 10.9. The summed E-state index contributed by atoms with van der Waals surface area (Å²) in [5.41, 5.74) is 5.32. The number of rotatable bonds is 5. The van der Waals surface area contributed by atoms with E-state index in [-0.39, 0.29) is 5.91 Å². The van der Waals surface area contributed by atoms with Crippen LogP contribution in [0.2, 0.25) is 0 Å². The highest BCUT2D eigenvalue weighted by molar-refractivity contribution is 5.96. The van der Waals surface area contributed by atoms with Crippen LogP contribution in [0.25, 0.3) is 33.2 Å². The molecule has 0 radical (unpaired) electrons. The summed E-state index contributed by atoms with van der Waals surface area (Å²) in [6.45, 7) is 2.76. The molecule has 5 rings (SSSR count). The van der Waals surface area contributed by atoms with Crippen molar-refractivity contribution in [3.05, 3.63) is 84.6 Å². The SMILES string of the molecule is O=C(NCC1CCNCC1)c1cc2ccc(-c3ccc(-c4ccccc4)cc3)cc2o1. The van der Waals surface area contributed by atoms with E-state index in [1.54, 1.807) is 0 Å². The number of furan rings is 1. The lowest BCUT2D eigenvalue weighted by Gasteiger charge is -2.22. The highest BCUT2D eigenvalue weighted by Crippen LogP contribution is 2.29. The van der Waals surface area contributed by atoms with Crippen molar-refractivity contribution in [3.63, 3.8) is 0 Å². The Hall–Kier alpha value is -3.37. The number of hydrogen-bond donors (Lipinski definition) is 2. The summed E-state index contributed by atoms with van der Waals surface area (Å²) in [6.07, 6.45) is 2.21.